The number of rotatable bonds is 12. The topological polar surface area (TPSA) is 46.2 Å². The fourth-order valence-electron chi connectivity index (χ4n) is 6.39. The first kappa shape index (κ1) is 31.3. The van der Waals surface area contributed by atoms with Gasteiger partial charge in [-0.15, -0.1) is 0 Å². The van der Waals surface area contributed by atoms with Crippen LogP contribution in [0.1, 0.15) is 11.1 Å². The highest BCUT2D eigenvalue weighted by molar-refractivity contribution is 7.36. The van der Waals surface area contributed by atoms with Gasteiger partial charge in [0.15, 0.2) is 0 Å². The second-order valence-electron chi connectivity index (χ2n) is 11.9. The van der Waals surface area contributed by atoms with Gasteiger partial charge >= 0.3 is 16.4 Å². The Balaban J connectivity index is 1.48. The minimum Gasteiger partial charge on any atom is -0.504 e. The zero-order valence-electron chi connectivity index (χ0n) is 27.2. The van der Waals surface area contributed by atoms with Crippen LogP contribution in [-0.4, -0.2) is 16.4 Å². The summed E-state index contributed by atoms with van der Waals surface area (Å²) in [5.74, 6) is 2.96. The zero-order valence-corrected chi connectivity index (χ0v) is 29.2. The first-order valence-electron chi connectivity index (χ1n) is 16.6. The molecule has 1 aliphatic carbocycles. The van der Waals surface area contributed by atoms with Crippen molar-refractivity contribution < 1.29 is 22.1 Å². The molecule has 0 heterocycles. The molecular formula is C43H34O5Si2. The van der Waals surface area contributed by atoms with Crippen molar-refractivity contribution in [3.05, 3.63) is 205 Å². The Bertz CT molecular complexity index is 2020. The van der Waals surface area contributed by atoms with Gasteiger partial charge < -0.3 is 22.1 Å². The van der Waals surface area contributed by atoms with E-state index >= 15 is 0 Å². The summed E-state index contributed by atoms with van der Waals surface area (Å²) >= 11 is 0. The van der Waals surface area contributed by atoms with Crippen molar-refractivity contribution >= 4 is 21.6 Å². The van der Waals surface area contributed by atoms with Crippen molar-refractivity contribution in [2.45, 2.75) is 6.42 Å². The van der Waals surface area contributed by atoms with Crippen LogP contribution in [0.25, 0.3) is 11.1 Å². The third-order valence-corrected chi connectivity index (χ3v) is 17.9. The summed E-state index contributed by atoms with van der Waals surface area (Å²) < 4.78 is 37.0. The maximum atomic E-state index is 7.50. The van der Waals surface area contributed by atoms with Crippen molar-refractivity contribution in [1.82, 2.24) is 0 Å². The molecule has 7 aromatic rings. The van der Waals surface area contributed by atoms with Gasteiger partial charge in [-0.2, -0.15) is 0 Å². The SMILES string of the molecule is c1ccc(O[Si](Oc2ccccc2)(Oc2ccccc2)[Si](Oc2ccccc2)(Oc2ccccc2)c2cccc3c2Cc2ccccc2-3)cc1. The van der Waals surface area contributed by atoms with Crippen LogP contribution in [0.15, 0.2) is 194 Å². The van der Waals surface area contributed by atoms with E-state index in [4.69, 9.17) is 22.1 Å². The highest BCUT2D eigenvalue weighted by Crippen LogP contribution is 2.40. The largest absolute Gasteiger partial charge is 0.765 e. The molecule has 0 unspecified atom stereocenters. The monoisotopic (exact) mass is 686 g/mol. The summed E-state index contributed by atoms with van der Waals surface area (Å²) in [6.07, 6.45) is 0.694. The number of para-hydroxylation sites is 5. The summed E-state index contributed by atoms with van der Waals surface area (Å²) in [7, 11) is -8.56. The van der Waals surface area contributed by atoms with Gasteiger partial charge in [0.1, 0.15) is 28.7 Å². The Morgan fingerprint density at radius 2 is 0.680 bits per heavy atom. The summed E-state index contributed by atoms with van der Waals surface area (Å²) in [5, 5.41) is 0.883. The molecule has 1 aliphatic rings. The van der Waals surface area contributed by atoms with Crippen molar-refractivity contribution in [1.29, 1.82) is 0 Å². The minimum absolute atomic E-state index is 0.576. The van der Waals surface area contributed by atoms with Crippen LogP contribution in [0.2, 0.25) is 0 Å². The molecule has 50 heavy (non-hydrogen) atoms. The number of hydrogen-bond donors (Lipinski definition) is 0. The van der Waals surface area contributed by atoms with Crippen LogP contribution >= 0.6 is 0 Å². The predicted octanol–water partition coefficient (Wildman–Crippen LogP) is 9.32. The van der Waals surface area contributed by atoms with Gasteiger partial charge in [0, 0.05) is 5.19 Å². The predicted molar refractivity (Wildman–Crippen MR) is 201 cm³/mol. The standard InChI is InChI=1S/C43H34O5Si2/c1-6-20-35(21-7-1)44-49(45-36-22-8-2-9-23-36,43-32-18-31-41-40-30-17-16-19-34(40)33-42(41)43)50(46-37-24-10-3-11-25-37,47-38-26-12-4-13-27-38)48-39-28-14-5-15-29-39/h1-32H,33H2. The Morgan fingerprint density at radius 1 is 0.320 bits per heavy atom. The first-order chi connectivity index (χ1) is 24.7. The van der Waals surface area contributed by atoms with Crippen LogP contribution in [0.5, 0.6) is 28.7 Å². The fraction of sp³-hybridized carbons (Fsp3) is 0.0233. The second-order valence-corrected chi connectivity index (χ2v) is 19.6. The van der Waals surface area contributed by atoms with E-state index < -0.39 is 16.4 Å². The van der Waals surface area contributed by atoms with Crippen LogP contribution in [-0.2, 0) is 6.42 Å². The average molecular weight is 687 g/mol. The molecule has 0 aromatic heterocycles. The van der Waals surface area contributed by atoms with E-state index in [1.54, 1.807) is 0 Å². The molecule has 0 bridgehead atoms. The molecule has 0 spiro atoms. The van der Waals surface area contributed by atoms with Gasteiger partial charge in [-0.3, -0.25) is 0 Å². The Labute approximate surface area is 294 Å². The highest BCUT2D eigenvalue weighted by Gasteiger charge is 2.82. The number of benzene rings is 7. The molecule has 5 nitrogen and oxygen atoms in total. The third kappa shape index (κ3) is 6.16. The molecule has 8 rings (SSSR count). The lowest BCUT2D eigenvalue weighted by molar-refractivity contribution is 0.259. The molecule has 7 aromatic carbocycles. The first-order valence-corrected chi connectivity index (χ1v) is 21.2. The van der Waals surface area contributed by atoms with Gasteiger partial charge in [-0.05, 0) is 89.3 Å². The molecule has 0 radical (unpaired) electrons. The van der Waals surface area contributed by atoms with E-state index in [1.807, 2.05) is 152 Å². The summed E-state index contributed by atoms with van der Waals surface area (Å²) in [4.78, 5) is 0. The summed E-state index contributed by atoms with van der Waals surface area (Å²) in [5.41, 5.74) is 4.66. The van der Waals surface area contributed by atoms with Gasteiger partial charge in [-0.25, -0.2) is 0 Å². The Morgan fingerprint density at radius 3 is 1.12 bits per heavy atom. The Kier molecular flexibility index (Phi) is 8.65. The van der Waals surface area contributed by atoms with Crippen LogP contribution in [0.4, 0.5) is 0 Å². The van der Waals surface area contributed by atoms with Crippen LogP contribution < -0.4 is 27.3 Å². The van der Waals surface area contributed by atoms with E-state index in [9.17, 15) is 0 Å². The van der Waals surface area contributed by atoms with E-state index in [0.717, 1.165) is 16.3 Å². The minimum atomic E-state index is -4.36. The van der Waals surface area contributed by atoms with E-state index in [1.165, 1.54) is 11.1 Å². The fourth-order valence-corrected chi connectivity index (χ4v) is 16.4. The van der Waals surface area contributed by atoms with Gasteiger partial charge in [0.05, 0.1) is 0 Å². The molecule has 0 aliphatic heterocycles. The quantitative estimate of drug-likeness (QED) is 0.120. The molecule has 0 N–H and O–H groups in total. The zero-order chi connectivity index (χ0) is 33.6. The number of hydrogen-bond acceptors (Lipinski definition) is 5. The van der Waals surface area contributed by atoms with E-state index in [-0.39, 0.29) is 0 Å². The molecule has 0 amide bonds. The van der Waals surface area contributed by atoms with Crippen molar-refractivity contribution in [3.8, 4) is 39.9 Å². The molecule has 244 valence electrons. The Hall–Kier alpha value is -6.03. The summed E-state index contributed by atoms with van der Waals surface area (Å²) in [6, 6.07) is 63.5. The lowest BCUT2D eigenvalue weighted by atomic mass is 10.1. The van der Waals surface area contributed by atoms with Gasteiger partial charge in [0.2, 0.25) is 0 Å². The maximum Gasteiger partial charge on any atom is 0.765 e. The third-order valence-electron chi connectivity index (χ3n) is 8.60. The van der Waals surface area contributed by atoms with E-state index in [2.05, 4.69) is 42.5 Å². The van der Waals surface area contributed by atoms with Crippen molar-refractivity contribution in [2.75, 3.05) is 0 Å². The highest BCUT2D eigenvalue weighted by atomic mass is 29.3. The number of fused-ring (bicyclic) bond motifs is 3. The van der Waals surface area contributed by atoms with Crippen LogP contribution in [0, 0.1) is 0 Å². The van der Waals surface area contributed by atoms with Gasteiger partial charge in [-0.1, -0.05) is 133 Å². The smallest absolute Gasteiger partial charge is 0.504 e. The maximum absolute atomic E-state index is 7.50. The normalized spacial score (nSPS) is 11.9. The van der Waals surface area contributed by atoms with Crippen molar-refractivity contribution in [3.63, 3.8) is 0 Å². The molecule has 0 fully saturated rings. The molecule has 0 atom stereocenters. The van der Waals surface area contributed by atoms with Crippen LogP contribution in [0.3, 0.4) is 0 Å². The molecular weight excluding hydrogens is 653 g/mol. The summed E-state index contributed by atoms with van der Waals surface area (Å²) in [6.45, 7) is 0. The second kappa shape index (κ2) is 13.8. The average Bonchev–Trinajstić information content (AvgIpc) is 3.56. The molecule has 0 saturated carbocycles. The lowest BCUT2D eigenvalue weighted by Gasteiger charge is -2.41. The van der Waals surface area contributed by atoms with Gasteiger partial charge in [0.25, 0.3) is 0 Å². The lowest BCUT2D eigenvalue weighted by Crippen LogP contribution is -2.85. The molecule has 0 saturated heterocycles. The van der Waals surface area contributed by atoms with E-state index in [0.29, 0.717) is 35.2 Å². The van der Waals surface area contributed by atoms with Crippen molar-refractivity contribution in [2.24, 2.45) is 0 Å². The molecule has 7 heteroatoms.